The first kappa shape index (κ1) is 14.7. The molecule has 0 saturated carbocycles. The number of methoxy groups -OCH3 is 1. The van der Waals surface area contributed by atoms with E-state index in [2.05, 4.69) is 22.4 Å². The topological polar surface area (TPSA) is 34.2 Å². The Kier molecular flexibility index (Phi) is 4.16. The SMILES string of the molecule is CNc1cc(Cl)c(Cc2cnc3ccccc3c2)c(OC)c1. The lowest BCUT2D eigenvalue weighted by molar-refractivity contribution is 0.411. The number of nitrogens with one attached hydrogen (secondary N) is 1. The Morgan fingerprint density at radius 1 is 1.18 bits per heavy atom. The van der Waals surface area contributed by atoms with Gasteiger partial charge >= 0.3 is 0 Å². The van der Waals surface area contributed by atoms with Crippen LogP contribution in [0.4, 0.5) is 5.69 Å². The largest absolute Gasteiger partial charge is 0.496 e. The van der Waals surface area contributed by atoms with Gasteiger partial charge in [0.15, 0.2) is 0 Å². The number of para-hydroxylation sites is 1. The van der Waals surface area contributed by atoms with Gasteiger partial charge in [-0.15, -0.1) is 0 Å². The molecule has 0 aliphatic carbocycles. The van der Waals surface area contributed by atoms with Gasteiger partial charge in [-0.1, -0.05) is 29.8 Å². The lowest BCUT2D eigenvalue weighted by atomic mass is 10.0. The molecular weight excluding hydrogens is 296 g/mol. The third-order valence-corrected chi connectivity index (χ3v) is 4.03. The van der Waals surface area contributed by atoms with Crippen molar-refractivity contribution >= 4 is 28.2 Å². The Balaban J connectivity index is 2.00. The highest BCUT2D eigenvalue weighted by Gasteiger charge is 2.11. The van der Waals surface area contributed by atoms with E-state index in [-0.39, 0.29) is 0 Å². The third-order valence-electron chi connectivity index (χ3n) is 3.69. The average Bonchev–Trinajstić information content (AvgIpc) is 2.56. The number of aromatic nitrogens is 1. The van der Waals surface area contributed by atoms with Crippen LogP contribution >= 0.6 is 11.6 Å². The van der Waals surface area contributed by atoms with Crippen molar-refractivity contribution in [3.05, 3.63) is 64.8 Å². The van der Waals surface area contributed by atoms with Gasteiger partial charge in [-0.25, -0.2) is 0 Å². The number of hydrogen-bond acceptors (Lipinski definition) is 3. The summed E-state index contributed by atoms with van der Waals surface area (Å²) in [5, 5.41) is 4.90. The molecule has 3 nitrogen and oxygen atoms in total. The van der Waals surface area contributed by atoms with E-state index < -0.39 is 0 Å². The fourth-order valence-corrected chi connectivity index (χ4v) is 2.80. The van der Waals surface area contributed by atoms with Gasteiger partial charge in [0.2, 0.25) is 0 Å². The van der Waals surface area contributed by atoms with Crippen LogP contribution in [0, 0.1) is 0 Å². The molecule has 0 fully saturated rings. The molecule has 4 heteroatoms. The Morgan fingerprint density at radius 2 is 2.00 bits per heavy atom. The second-order valence-electron chi connectivity index (χ2n) is 5.10. The van der Waals surface area contributed by atoms with E-state index in [1.54, 1.807) is 7.11 Å². The minimum absolute atomic E-state index is 0.684. The molecule has 1 aromatic heterocycles. The van der Waals surface area contributed by atoms with Crippen molar-refractivity contribution in [3.8, 4) is 5.75 Å². The maximum Gasteiger partial charge on any atom is 0.125 e. The van der Waals surface area contributed by atoms with Crippen LogP contribution in [0.5, 0.6) is 5.75 Å². The van der Waals surface area contributed by atoms with Gasteiger partial charge in [0.05, 0.1) is 12.6 Å². The normalized spacial score (nSPS) is 10.7. The third kappa shape index (κ3) is 2.85. The summed E-state index contributed by atoms with van der Waals surface area (Å²) >= 11 is 6.42. The van der Waals surface area contributed by atoms with Crippen LogP contribution in [0.3, 0.4) is 0 Å². The molecule has 0 aliphatic rings. The first-order valence-corrected chi connectivity index (χ1v) is 7.47. The first-order chi connectivity index (χ1) is 10.7. The van der Waals surface area contributed by atoms with E-state index in [9.17, 15) is 0 Å². The molecule has 1 N–H and O–H groups in total. The predicted octanol–water partition coefficient (Wildman–Crippen LogP) is 4.53. The van der Waals surface area contributed by atoms with Gasteiger partial charge in [0.25, 0.3) is 0 Å². The van der Waals surface area contributed by atoms with E-state index >= 15 is 0 Å². The van der Waals surface area contributed by atoms with E-state index in [0.29, 0.717) is 11.4 Å². The molecule has 0 saturated heterocycles. The highest BCUT2D eigenvalue weighted by molar-refractivity contribution is 6.32. The van der Waals surface area contributed by atoms with Crippen molar-refractivity contribution in [2.24, 2.45) is 0 Å². The summed E-state index contributed by atoms with van der Waals surface area (Å²) in [5.41, 5.74) is 4.01. The molecule has 2 aromatic carbocycles. The maximum absolute atomic E-state index is 6.42. The average molecular weight is 313 g/mol. The van der Waals surface area contributed by atoms with Crippen molar-refractivity contribution in [2.45, 2.75) is 6.42 Å². The molecular formula is C18H17ClN2O. The van der Waals surface area contributed by atoms with Gasteiger partial charge in [-0.3, -0.25) is 4.98 Å². The zero-order valence-electron chi connectivity index (χ0n) is 12.6. The minimum Gasteiger partial charge on any atom is -0.496 e. The fraction of sp³-hybridized carbons (Fsp3) is 0.167. The number of hydrogen-bond donors (Lipinski definition) is 1. The highest BCUT2D eigenvalue weighted by atomic mass is 35.5. The number of anilines is 1. The van der Waals surface area contributed by atoms with E-state index in [1.807, 2.05) is 43.6 Å². The Morgan fingerprint density at radius 3 is 2.77 bits per heavy atom. The molecule has 3 aromatic rings. The van der Waals surface area contributed by atoms with Crippen LogP contribution in [-0.4, -0.2) is 19.1 Å². The van der Waals surface area contributed by atoms with Crippen molar-refractivity contribution in [3.63, 3.8) is 0 Å². The summed E-state index contributed by atoms with van der Waals surface area (Å²) in [4.78, 5) is 4.50. The molecule has 0 unspecified atom stereocenters. The molecule has 22 heavy (non-hydrogen) atoms. The van der Waals surface area contributed by atoms with Crippen LogP contribution < -0.4 is 10.1 Å². The molecule has 0 aliphatic heterocycles. The van der Waals surface area contributed by atoms with Crippen LogP contribution in [0.15, 0.2) is 48.7 Å². The summed E-state index contributed by atoms with van der Waals surface area (Å²) in [6.45, 7) is 0. The minimum atomic E-state index is 0.684. The molecule has 112 valence electrons. The fourth-order valence-electron chi connectivity index (χ4n) is 2.53. The zero-order valence-corrected chi connectivity index (χ0v) is 13.3. The maximum atomic E-state index is 6.42. The Labute approximate surface area is 134 Å². The van der Waals surface area contributed by atoms with Gasteiger partial charge in [0, 0.05) is 47.4 Å². The number of fused-ring (bicyclic) bond motifs is 1. The lowest BCUT2D eigenvalue weighted by Gasteiger charge is -2.13. The number of rotatable bonds is 4. The summed E-state index contributed by atoms with van der Waals surface area (Å²) in [5.74, 6) is 0.782. The van der Waals surface area contributed by atoms with Gasteiger partial charge in [-0.05, 0) is 23.8 Å². The quantitative estimate of drug-likeness (QED) is 0.768. The first-order valence-electron chi connectivity index (χ1n) is 7.09. The van der Waals surface area contributed by atoms with Gasteiger partial charge in [0.1, 0.15) is 5.75 Å². The van der Waals surface area contributed by atoms with Gasteiger partial charge < -0.3 is 10.1 Å². The molecule has 0 atom stereocenters. The second kappa shape index (κ2) is 6.24. The monoisotopic (exact) mass is 312 g/mol. The summed E-state index contributed by atoms with van der Waals surface area (Å²) < 4.78 is 5.48. The van der Waals surface area contributed by atoms with Crippen LogP contribution in [0.1, 0.15) is 11.1 Å². The number of ether oxygens (including phenoxy) is 1. The summed E-state index contributed by atoms with van der Waals surface area (Å²) in [7, 11) is 3.52. The van der Waals surface area contributed by atoms with E-state index in [0.717, 1.165) is 33.5 Å². The number of halogens is 1. The van der Waals surface area contributed by atoms with Gasteiger partial charge in [-0.2, -0.15) is 0 Å². The molecule has 0 spiro atoms. The molecule has 3 rings (SSSR count). The molecule has 0 bridgehead atoms. The lowest BCUT2D eigenvalue weighted by Crippen LogP contribution is -1.98. The van der Waals surface area contributed by atoms with Crippen molar-refractivity contribution in [1.82, 2.24) is 4.98 Å². The summed E-state index contributed by atoms with van der Waals surface area (Å²) in [6, 6.07) is 14.1. The zero-order chi connectivity index (χ0) is 15.5. The Hall–Kier alpha value is -2.26. The Bertz CT molecular complexity index is 817. The summed E-state index contributed by atoms with van der Waals surface area (Å²) in [6.07, 6.45) is 2.58. The van der Waals surface area contributed by atoms with E-state index in [4.69, 9.17) is 16.3 Å². The van der Waals surface area contributed by atoms with Crippen LogP contribution in [0.25, 0.3) is 10.9 Å². The van der Waals surface area contributed by atoms with Crippen molar-refractivity contribution < 1.29 is 4.74 Å². The van der Waals surface area contributed by atoms with Crippen LogP contribution in [-0.2, 0) is 6.42 Å². The molecule has 0 amide bonds. The predicted molar refractivity (Wildman–Crippen MR) is 92.1 cm³/mol. The van der Waals surface area contributed by atoms with Crippen molar-refractivity contribution in [2.75, 3.05) is 19.5 Å². The van der Waals surface area contributed by atoms with Crippen molar-refractivity contribution in [1.29, 1.82) is 0 Å². The number of pyridine rings is 1. The highest BCUT2D eigenvalue weighted by Crippen LogP contribution is 2.33. The second-order valence-corrected chi connectivity index (χ2v) is 5.51. The molecule has 0 radical (unpaired) electrons. The standard InChI is InChI=1S/C18H17ClN2O/c1-20-14-9-16(19)15(18(10-14)22-2)8-12-7-13-5-3-4-6-17(13)21-11-12/h3-7,9-11,20H,8H2,1-2H3. The smallest absolute Gasteiger partial charge is 0.125 e. The van der Waals surface area contributed by atoms with E-state index in [1.165, 1.54) is 0 Å². The molecule has 1 heterocycles. The number of benzene rings is 2. The number of nitrogens with zero attached hydrogens (tertiary/aromatic N) is 1. The van der Waals surface area contributed by atoms with Crippen LogP contribution in [0.2, 0.25) is 5.02 Å².